The fraction of sp³-hybridized carbons (Fsp3) is 0.774. The van der Waals surface area contributed by atoms with Gasteiger partial charge in [-0.1, -0.05) is 6.92 Å². The molecule has 19 nitrogen and oxygen atoms in total. The zero-order valence-electron chi connectivity index (χ0n) is 30.7. The predicted octanol–water partition coefficient (Wildman–Crippen LogP) is -1.52. The van der Waals surface area contributed by atoms with Crippen LogP contribution < -0.4 is 21.7 Å². The summed E-state index contributed by atoms with van der Waals surface area (Å²) in [5.41, 5.74) is 5.26. The molecule has 0 aliphatic carbocycles. The first-order valence-corrected chi connectivity index (χ1v) is 18.1. The third-order valence-electron chi connectivity index (χ3n) is 7.47. The summed E-state index contributed by atoms with van der Waals surface area (Å²) >= 11 is 0.750. The highest BCUT2D eigenvalue weighted by atomic mass is 32.2. The lowest BCUT2D eigenvalue weighted by molar-refractivity contribution is -0.185. The number of primary amides is 1. The molecule has 8 N–H and O–H groups in total. The quantitative estimate of drug-likeness (QED) is 0.0447. The first kappa shape index (κ1) is 50.6. The average Bonchev–Trinajstić information content (AvgIpc) is 3.07. The van der Waals surface area contributed by atoms with Gasteiger partial charge in [0, 0.05) is 69.6 Å². The van der Waals surface area contributed by atoms with E-state index in [0.717, 1.165) is 31.2 Å². The number of nitrogens with one attached hydrogen (secondary N) is 3. The monoisotopic (exact) mass is 770 g/mol. The molecule has 1 saturated heterocycles. The lowest BCUT2D eigenvalue weighted by atomic mass is 10.1. The highest BCUT2D eigenvalue weighted by molar-refractivity contribution is 7.93. The van der Waals surface area contributed by atoms with Gasteiger partial charge in [0.2, 0.25) is 17.7 Å². The summed E-state index contributed by atoms with van der Waals surface area (Å²) in [6.07, 6.45) is 5.89. The molecule has 0 aromatic heterocycles. The van der Waals surface area contributed by atoms with Crippen LogP contribution in [0, 0.1) is 0 Å². The first-order valence-electron chi connectivity index (χ1n) is 17.0. The van der Waals surface area contributed by atoms with Crippen molar-refractivity contribution in [3.63, 3.8) is 0 Å². The summed E-state index contributed by atoms with van der Waals surface area (Å²) in [6, 6.07) is -1.86. The number of carbonyl (C=O) groups excluding carboxylic acids is 5. The van der Waals surface area contributed by atoms with Gasteiger partial charge in [0.15, 0.2) is 0 Å². The van der Waals surface area contributed by atoms with E-state index in [1.54, 1.807) is 32.9 Å². The van der Waals surface area contributed by atoms with Crippen molar-refractivity contribution in [1.29, 1.82) is 0 Å². The van der Waals surface area contributed by atoms with Crippen LogP contribution in [-0.4, -0.2) is 187 Å². The molecule has 1 heterocycles. The summed E-state index contributed by atoms with van der Waals surface area (Å²) in [6.45, 7) is 4.55. The topological polar surface area (TPSA) is 264 Å². The number of carboxylic acid groups (broad SMARTS) is 2. The van der Waals surface area contributed by atoms with Crippen LogP contribution in [0.1, 0.15) is 46.0 Å². The van der Waals surface area contributed by atoms with Crippen LogP contribution in [0.2, 0.25) is 0 Å². The molecule has 1 aliphatic heterocycles. The molecular formula is C31H59FN8O11S. The lowest BCUT2D eigenvalue weighted by Gasteiger charge is -2.33. The van der Waals surface area contributed by atoms with Gasteiger partial charge in [-0.05, 0) is 58.2 Å². The summed E-state index contributed by atoms with van der Waals surface area (Å²) < 4.78 is 19.9. The third-order valence-corrected chi connectivity index (χ3v) is 7.47. The molecule has 0 aromatic carbocycles. The van der Waals surface area contributed by atoms with Crippen molar-refractivity contribution < 1.29 is 57.8 Å². The molecular weight excluding hydrogens is 711 g/mol. The lowest BCUT2D eigenvalue weighted by Crippen LogP contribution is -2.54. The SMILES string of the molecule is CCCC=O.CNCCCCC(NC(=O)CN1CCN(CC(=O)O)CCN(CC(=O)OF)CCN(CC(=O)O)CC1)C(=O)N[C@@H](C)C(N)=O.CSO. The van der Waals surface area contributed by atoms with Gasteiger partial charge in [-0.15, -0.1) is 0 Å². The molecule has 2 atom stereocenters. The van der Waals surface area contributed by atoms with E-state index >= 15 is 0 Å². The second-order valence-electron chi connectivity index (χ2n) is 11.8. The van der Waals surface area contributed by atoms with Gasteiger partial charge in [-0.3, -0.25) is 48.5 Å². The second kappa shape index (κ2) is 32.2. The van der Waals surface area contributed by atoms with Crippen molar-refractivity contribution >= 4 is 54.0 Å². The Morgan fingerprint density at radius 1 is 0.846 bits per heavy atom. The number of halogens is 1. The normalized spacial score (nSPS) is 16.1. The summed E-state index contributed by atoms with van der Waals surface area (Å²) in [5.74, 6) is -5.04. The zero-order valence-corrected chi connectivity index (χ0v) is 31.5. The molecule has 0 bridgehead atoms. The first-order chi connectivity index (χ1) is 24.7. The van der Waals surface area contributed by atoms with Gasteiger partial charge >= 0.3 is 17.9 Å². The van der Waals surface area contributed by atoms with Gasteiger partial charge in [0.1, 0.15) is 24.9 Å². The van der Waals surface area contributed by atoms with Crippen LogP contribution in [0.15, 0.2) is 0 Å². The van der Waals surface area contributed by atoms with Gasteiger partial charge in [-0.25, -0.2) is 4.79 Å². The van der Waals surface area contributed by atoms with E-state index < -0.39 is 54.3 Å². The Labute approximate surface area is 309 Å². The fourth-order valence-electron chi connectivity index (χ4n) is 4.67. The Hall–Kier alpha value is -3.47. The number of carbonyl (C=O) groups is 7. The number of nitrogens with zero attached hydrogens (tertiary/aromatic N) is 4. The van der Waals surface area contributed by atoms with Crippen LogP contribution in [0.3, 0.4) is 0 Å². The molecule has 3 amide bonds. The molecule has 0 aromatic rings. The van der Waals surface area contributed by atoms with Crippen LogP contribution in [0.25, 0.3) is 0 Å². The van der Waals surface area contributed by atoms with Crippen molar-refractivity contribution in [3.8, 4) is 0 Å². The van der Waals surface area contributed by atoms with Gasteiger partial charge in [-0.2, -0.15) is 0 Å². The molecule has 1 unspecified atom stereocenters. The molecule has 52 heavy (non-hydrogen) atoms. The molecule has 21 heteroatoms. The number of hydrogen-bond acceptors (Lipinski definition) is 15. The number of nitrogens with two attached hydrogens (primary N) is 1. The largest absolute Gasteiger partial charge is 0.480 e. The van der Waals surface area contributed by atoms with Crippen LogP contribution in [-0.2, 0) is 38.5 Å². The highest BCUT2D eigenvalue weighted by Gasteiger charge is 2.26. The molecule has 0 radical (unpaired) electrons. The number of carboxylic acids is 2. The number of hydrogen-bond donors (Lipinski definition) is 7. The number of aldehydes is 1. The average molecular weight is 771 g/mol. The minimum absolute atomic E-state index is 0.165. The Morgan fingerprint density at radius 3 is 1.63 bits per heavy atom. The number of unbranched alkanes of at least 4 members (excludes halogenated alkanes) is 2. The van der Waals surface area contributed by atoms with Crippen LogP contribution in [0.4, 0.5) is 4.53 Å². The van der Waals surface area contributed by atoms with Crippen molar-refractivity contribution in [2.75, 3.05) is 98.4 Å². The standard InChI is InChI=1S/C26H47FN8O9.C4H8O.CH4OS/c1-19(25(28)42)30-26(43)20(5-3-4-6-29-2)31-21(36)15-32-7-9-33(16-22(37)38)11-13-35(18-24(41)44-27)14-12-34(10-8-32)17-23(39)40;1-2-3-4-5;1-3-2/h19-20,29H,3-18H2,1-2H3,(H2,28,42)(H,30,43)(H,31,36)(H,37,38)(H,39,40);4H,2-3H2,1H3;2H,1H3/t19-,20?;;/m0../s1. The Kier molecular flexibility index (Phi) is 31.4. The molecule has 1 fully saturated rings. The molecule has 0 saturated carbocycles. The maximum Gasteiger partial charge on any atom is 0.362 e. The van der Waals surface area contributed by atoms with E-state index in [2.05, 4.69) is 20.9 Å². The van der Waals surface area contributed by atoms with E-state index in [9.17, 15) is 48.3 Å². The van der Waals surface area contributed by atoms with Crippen molar-refractivity contribution in [1.82, 2.24) is 35.6 Å². The molecule has 1 rings (SSSR count). The number of rotatable bonds is 19. The van der Waals surface area contributed by atoms with Crippen molar-refractivity contribution in [2.24, 2.45) is 5.73 Å². The summed E-state index contributed by atoms with van der Waals surface area (Å²) in [7, 11) is 1.80. The van der Waals surface area contributed by atoms with Gasteiger partial charge in [0.25, 0.3) is 0 Å². The van der Waals surface area contributed by atoms with E-state index in [1.165, 1.54) is 6.92 Å². The Balaban J connectivity index is 0. The highest BCUT2D eigenvalue weighted by Crippen LogP contribution is 2.05. The molecule has 302 valence electrons. The molecule has 1 aliphatic rings. The van der Waals surface area contributed by atoms with Crippen LogP contribution >= 0.6 is 12.0 Å². The van der Waals surface area contributed by atoms with Crippen molar-refractivity contribution in [3.05, 3.63) is 0 Å². The second-order valence-corrected chi connectivity index (χ2v) is 12.2. The van der Waals surface area contributed by atoms with Crippen molar-refractivity contribution in [2.45, 2.75) is 58.0 Å². The third kappa shape index (κ3) is 28.2. The minimum atomic E-state index is -1.12. The summed E-state index contributed by atoms with van der Waals surface area (Å²) in [4.78, 5) is 91.2. The number of amides is 3. The Morgan fingerprint density at radius 2 is 1.29 bits per heavy atom. The zero-order chi connectivity index (χ0) is 39.9. The minimum Gasteiger partial charge on any atom is -0.480 e. The van der Waals surface area contributed by atoms with Gasteiger partial charge in [0.05, 0.1) is 19.6 Å². The smallest absolute Gasteiger partial charge is 0.362 e. The fourth-order valence-corrected chi connectivity index (χ4v) is 4.67. The Bertz CT molecular complexity index is 1030. The van der Waals surface area contributed by atoms with E-state index in [-0.39, 0.29) is 72.0 Å². The van der Waals surface area contributed by atoms with E-state index in [1.807, 2.05) is 6.92 Å². The summed E-state index contributed by atoms with van der Waals surface area (Å²) in [5, 5.41) is 27.0. The maximum atomic E-state index is 13.2. The number of aliphatic carboxylic acids is 2. The van der Waals surface area contributed by atoms with Crippen LogP contribution in [0.5, 0.6) is 0 Å². The molecule has 0 spiro atoms. The van der Waals surface area contributed by atoms with E-state index in [4.69, 9.17) is 10.3 Å². The van der Waals surface area contributed by atoms with Gasteiger partial charge < -0.3 is 41.2 Å². The van der Waals surface area contributed by atoms with E-state index in [0.29, 0.717) is 25.8 Å². The predicted molar refractivity (Wildman–Crippen MR) is 192 cm³/mol. The maximum absolute atomic E-state index is 13.2.